The Balaban J connectivity index is 3.45. The molecule has 53 valence electrons. The highest BCUT2D eigenvalue weighted by atomic mass is 16.5. The molecule has 0 aliphatic rings. The molecule has 0 aromatic heterocycles. The van der Waals surface area contributed by atoms with Gasteiger partial charge in [-0.3, -0.25) is 4.79 Å². The molecule has 0 fully saturated rings. The van der Waals surface area contributed by atoms with Gasteiger partial charge in [0.1, 0.15) is 0 Å². The summed E-state index contributed by atoms with van der Waals surface area (Å²) in [4.78, 5) is 10.7. The molecule has 0 spiro atoms. The van der Waals surface area contributed by atoms with E-state index < -0.39 is 0 Å². The maximum absolute atomic E-state index is 10.7. The zero-order valence-electron chi connectivity index (χ0n) is 6.02. The Kier molecular flexibility index (Phi) is 4.10. The Morgan fingerprint density at radius 3 is 2.67 bits per heavy atom. The van der Waals surface area contributed by atoms with Gasteiger partial charge in [-0.25, -0.2) is 0 Å². The van der Waals surface area contributed by atoms with Crippen molar-refractivity contribution in [2.75, 3.05) is 7.11 Å². The first kappa shape index (κ1) is 8.47. The second kappa shape index (κ2) is 4.36. The summed E-state index contributed by atoms with van der Waals surface area (Å²) in [7, 11) is 1.40. The van der Waals surface area contributed by atoms with Crippen LogP contribution >= 0.6 is 0 Å². The number of rotatable bonds is 3. The molecule has 1 unspecified atom stereocenters. The number of carbonyl (C=O) groups excluding carboxylic acids is 1. The lowest BCUT2D eigenvalue weighted by atomic mass is 10.1. The Morgan fingerprint density at radius 2 is 2.33 bits per heavy atom. The first-order valence-corrected chi connectivity index (χ1v) is 3.09. The largest absolute Gasteiger partial charge is 0.469 e. The van der Waals surface area contributed by atoms with Crippen LogP contribution in [0.15, 0.2) is 0 Å². The third kappa shape index (κ3) is 3.12. The standard InChI is InChI=1S/C7H13O2/c1-4-5-6(2)7(8)9-3/h6H,1,4-5H2,2-3H3. The normalized spacial score (nSPS) is 12.8. The number of hydrogen-bond acceptors (Lipinski definition) is 2. The molecule has 0 aliphatic heterocycles. The van der Waals surface area contributed by atoms with Gasteiger partial charge in [-0.2, -0.15) is 0 Å². The number of esters is 1. The van der Waals surface area contributed by atoms with Crippen molar-refractivity contribution >= 4 is 5.97 Å². The number of hydrogen-bond donors (Lipinski definition) is 0. The van der Waals surface area contributed by atoms with Gasteiger partial charge in [0.2, 0.25) is 0 Å². The van der Waals surface area contributed by atoms with E-state index in [9.17, 15) is 4.79 Å². The monoisotopic (exact) mass is 129 g/mol. The van der Waals surface area contributed by atoms with E-state index in [1.807, 2.05) is 6.92 Å². The maximum Gasteiger partial charge on any atom is 0.308 e. The maximum atomic E-state index is 10.7. The lowest BCUT2D eigenvalue weighted by Crippen LogP contribution is -2.11. The number of carbonyl (C=O) groups is 1. The Hall–Kier alpha value is -0.530. The molecule has 0 aromatic rings. The molecular weight excluding hydrogens is 116 g/mol. The fourth-order valence-electron chi connectivity index (χ4n) is 0.625. The van der Waals surface area contributed by atoms with E-state index in [2.05, 4.69) is 11.7 Å². The molecule has 1 atom stereocenters. The van der Waals surface area contributed by atoms with E-state index in [-0.39, 0.29) is 11.9 Å². The average molecular weight is 129 g/mol. The lowest BCUT2D eigenvalue weighted by Gasteiger charge is -2.05. The van der Waals surface area contributed by atoms with Crippen LogP contribution in [0.25, 0.3) is 0 Å². The molecule has 2 nitrogen and oxygen atoms in total. The second-order valence-electron chi connectivity index (χ2n) is 2.07. The van der Waals surface area contributed by atoms with Gasteiger partial charge in [-0.05, 0) is 6.42 Å². The highest BCUT2D eigenvalue weighted by molar-refractivity contribution is 5.71. The SMILES string of the molecule is [CH2]CCC(C)C(=O)OC. The molecule has 0 amide bonds. The zero-order valence-corrected chi connectivity index (χ0v) is 6.02. The van der Waals surface area contributed by atoms with Crippen molar-refractivity contribution in [3.8, 4) is 0 Å². The molecule has 0 saturated heterocycles. The van der Waals surface area contributed by atoms with Crippen molar-refractivity contribution < 1.29 is 9.53 Å². The molecule has 0 bridgehead atoms. The highest BCUT2D eigenvalue weighted by Crippen LogP contribution is 2.05. The van der Waals surface area contributed by atoms with Gasteiger partial charge in [0, 0.05) is 0 Å². The smallest absolute Gasteiger partial charge is 0.308 e. The van der Waals surface area contributed by atoms with Crippen molar-refractivity contribution in [3.63, 3.8) is 0 Å². The number of ether oxygens (including phenoxy) is 1. The Bertz CT molecular complexity index is 88.9. The molecular formula is C7H13O2. The summed E-state index contributed by atoms with van der Waals surface area (Å²) in [5.74, 6) is -0.133. The first-order valence-electron chi connectivity index (χ1n) is 3.09. The first-order chi connectivity index (χ1) is 4.22. The topological polar surface area (TPSA) is 26.3 Å². The van der Waals surface area contributed by atoms with Crippen molar-refractivity contribution in [2.45, 2.75) is 19.8 Å². The van der Waals surface area contributed by atoms with Crippen LogP contribution in [0.2, 0.25) is 0 Å². The fraction of sp³-hybridized carbons (Fsp3) is 0.714. The lowest BCUT2D eigenvalue weighted by molar-refractivity contribution is -0.145. The van der Waals surface area contributed by atoms with Gasteiger partial charge in [-0.15, -0.1) is 0 Å². The summed E-state index contributed by atoms with van der Waals surface area (Å²) in [6.07, 6.45) is 1.60. The minimum absolute atomic E-state index is 0.00694. The van der Waals surface area contributed by atoms with E-state index >= 15 is 0 Å². The van der Waals surface area contributed by atoms with Gasteiger partial charge in [0.05, 0.1) is 13.0 Å². The summed E-state index contributed by atoms with van der Waals surface area (Å²) < 4.78 is 4.50. The van der Waals surface area contributed by atoms with E-state index in [1.54, 1.807) is 0 Å². The molecule has 0 N–H and O–H groups in total. The molecule has 9 heavy (non-hydrogen) atoms. The summed E-state index contributed by atoms with van der Waals surface area (Å²) in [5.41, 5.74) is 0. The highest BCUT2D eigenvalue weighted by Gasteiger charge is 2.10. The summed E-state index contributed by atoms with van der Waals surface area (Å²) >= 11 is 0. The van der Waals surface area contributed by atoms with Crippen LogP contribution in [0.4, 0.5) is 0 Å². The summed E-state index contributed by atoms with van der Waals surface area (Å²) in [6.45, 7) is 5.48. The van der Waals surface area contributed by atoms with E-state index in [4.69, 9.17) is 0 Å². The predicted octanol–water partition coefficient (Wildman–Crippen LogP) is 1.41. The van der Waals surface area contributed by atoms with E-state index in [0.29, 0.717) is 0 Å². The van der Waals surface area contributed by atoms with Crippen molar-refractivity contribution in [2.24, 2.45) is 5.92 Å². The van der Waals surface area contributed by atoms with Crippen molar-refractivity contribution in [3.05, 3.63) is 6.92 Å². The molecule has 2 heteroatoms. The Morgan fingerprint density at radius 1 is 1.78 bits per heavy atom. The molecule has 0 saturated carbocycles. The third-order valence-electron chi connectivity index (χ3n) is 1.24. The number of methoxy groups -OCH3 is 1. The van der Waals surface area contributed by atoms with E-state index in [0.717, 1.165) is 12.8 Å². The van der Waals surface area contributed by atoms with Gasteiger partial charge in [0.15, 0.2) is 0 Å². The zero-order chi connectivity index (χ0) is 7.28. The van der Waals surface area contributed by atoms with Crippen LogP contribution in [0.3, 0.4) is 0 Å². The van der Waals surface area contributed by atoms with Crippen LogP contribution in [0.5, 0.6) is 0 Å². The molecule has 0 rings (SSSR count). The van der Waals surface area contributed by atoms with Crippen LogP contribution in [0, 0.1) is 12.8 Å². The minimum atomic E-state index is -0.140. The third-order valence-corrected chi connectivity index (χ3v) is 1.24. The second-order valence-corrected chi connectivity index (χ2v) is 2.07. The predicted molar refractivity (Wildman–Crippen MR) is 35.8 cm³/mol. The summed E-state index contributed by atoms with van der Waals surface area (Å²) in [5, 5.41) is 0. The molecule has 1 radical (unpaired) electrons. The van der Waals surface area contributed by atoms with Gasteiger partial charge in [0.25, 0.3) is 0 Å². The molecule has 0 aliphatic carbocycles. The molecule has 0 aromatic carbocycles. The Labute approximate surface area is 56.2 Å². The average Bonchev–Trinajstić information content (AvgIpc) is 1.87. The quantitative estimate of drug-likeness (QED) is 0.538. The van der Waals surface area contributed by atoms with Crippen LogP contribution in [-0.4, -0.2) is 13.1 Å². The van der Waals surface area contributed by atoms with Crippen LogP contribution < -0.4 is 0 Å². The van der Waals surface area contributed by atoms with Crippen LogP contribution in [-0.2, 0) is 9.53 Å². The van der Waals surface area contributed by atoms with Gasteiger partial charge < -0.3 is 4.74 Å². The van der Waals surface area contributed by atoms with Gasteiger partial charge >= 0.3 is 5.97 Å². The van der Waals surface area contributed by atoms with Crippen LogP contribution in [0.1, 0.15) is 19.8 Å². The summed E-state index contributed by atoms with van der Waals surface area (Å²) in [6, 6.07) is 0. The minimum Gasteiger partial charge on any atom is -0.469 e. The van der Waals surface area contributed by atoms with Crippen molar-refractivity contribution in [1.82, 2.24) is 0 Å². The van der Waals surface area contributed by atoms with E-state index in [1.165, 1.54) is 7.11 Å². The molecule has 0 heterocycles. The van der Waals surface area contributed by atoms with Crippen molar-refractivity contribution in [1.29, 1.82) is 0 Å². The van der Waals surface area contributed by atoms with Gasteiger partial charge in [-0.1, -0.05) is 20.3 Å². The fourth-order valence-corrected chi connectivity index (χ4v) is 0.625.